The number of hydrogen-bond donors (Lipinski definition) is 3. The molecule has 2 aromatic carbocycles. The highest BCUT2D eigenvalue weighted by molar-refractivity contribution is 6.32. The number of anilines is 2. The summed E-state index contributed by atoms with van der Waals surface area (Å²) in [5, 5.41) is 6.26. The summed E-state index contributed by atoms with van der Waals surface area (Å²) in [6.07, 6.45) is -4.77. The SMILES string of the molecule is Cc1c(Cl)ccc2c1NC(=O)C21NC(CCC(N)=O)C2C(=O)N(c3cccc(C(F)(F)F)c3)C(=O)C21. The number of nitrogens with two attached hydrogens (primary N) is 1. The van der Waals surface area contributed by atoms with E-state index in [1.165, 1.54) is 6.07 Å². The van der Waals surface area contributed by atoms with Crippen molar-refractivity contribution in [2.75, 3.05) is 10.2 Å². The molecule has 3 heterocycles. The maximum Gasteiger partial charge on any atom is 0.416 e. The smallest absolute Gasteiger partial charge is 0.370 e. The lowest BCUT2D eigenvalue weighted by Gasteiger charge is -2.29. The molecule has 36 heavy (non-hydrogen) atoms. The van der Waals surface area contributed by atoms with Gasteiger partial charge < -0.3 is 11.1 Å². The summed E-state index contributed by atoms with van der Waals surface area (Å²) in [4.78, 5) is 53.1. The van der Waals surface area contributed by atoms with E-state index in [-0.39, 0.29) is 18.5 Å². The molecule has 188 valence electrons. The molecule has 0 radical (unpaired) electrons. The number of nitrogens with zero attached hydrogens (tertiary/aromatic N) is 1. The standard InChI is InChI=1S/C24H20ClF3N4O4/c1-10-14(25)6-5-13-19(10)30-22(36)23(13)18-17(15(31-23)7-8-16(29)33)20(34)32(21(18)35)12-4-2-3-11(9-12)24(26,27)28/h2-6,9,15,17-18,31H,7-8H2,1H3,(H2,29,33)(H,30,36). The van der Waals surface area contributed by atoms with Gasteiger partial charge in [-0.15, -0.1) is 0 Å². The predicted octanol–water partition coefficient (Wildman–Crippen LogP) is 2.86. The van der Waals surface area contributed by atoms with E-state index in [1.807, 2.05) is 0 Å². The molecule has 0 aliphatic carbocycles. The minimum Gasteiger partial charge on any atom is -0.370 e. The Bertz CT molecular complexity index is 1350. The van der Waals surface area contributed by atoms with E-state index >= 15 is 0 Å². The predicted molar refractivity (Wildman–Crippen MR) is 123 cm³/mol. The van der Waals surface area contributed by atoms with Crippen molar-refractivity contribution in [2.45, 2.75) is 37.5 Å². The number of nitrogens with one attached hydrogen (secondary N) is 2. The minimum absolute atomic E-state index is 0.0445. The highest BCUT2D eigenvalue weighted by Gasteiger charge is 2.70. The molecule has 3 aliphatic rings. The zero-order valence-electron chi connectivity index (χ0n) is 18.8. The van der Waals surface area contributed by atoms with Crippen molar-refractivity contribution in [1.29, 1.82) is 0 Å². The Kier molecular flexibility index (Phi) is 5.42. The summed E-state index contributed by atoms with van der Waals surface area (Å²) in [6, 6.07) is 6.22. The van der Waals surface area contributed by atoms with E-state index in [0.29, 0.717) is 26.7 Å². The van der Waals surface area contributed by atoms with Crippen LogP contribution in [0.5, 0.6) is 0 Å². The first-order chi connectivity index (χ1) is 16.9. The Morgan fingerprint density at radius 1 is 1.17 bits per heavy atom. The highest BCUT2D eigenvalue weighted by atomic mass is 35.5. The summed E-state index contributed by atoms with van der Waals surface area (Å²) in [7, 11) is 0. The van der Waals surface area contributed by atoms with Gasteiger partial charge in [0.25, 0.3) is 0 Å². The van der Waals surface area contributed by atoms with Crippen molar-refractivity contribution < 1.29 is 32.3 Å². The molecule has 8 nitrogen and oxygen atoms in total. The van der Waals surface area contributed by atoms with Crippen LogP contribution in [0.3, 0.4) is 0 Å². The van der Waals surface area contributed by atoms with Crippen LogP contribution in [0.1, 0.15) is 29.5 Å². The number of benzene rings is 2. The Morgan fingerprint density at radius 3 is 2.56 bits per heavy atom. The van der Waals surface area contributed by atoms with Crippen molar-refractivity contribution in [2.24, 2.45) is 17.6 Å². The number of alkyl halides is 3. The lowest BCUT2D eigenvalue weighted by atomic mass is 9.76. The molecule has 0 saturated carbocycles. The van der Waals surface area contributed by atoms with Gasteiger partial charge in [-0.3, -0.25) is 24.5 Å². The zero-order chi connectivity index (χ0) is 26.2. The first-order valence-corrected chi connectivity index (χ1v) is 11.5. The second kappa shape index (κ2) is 8.04. The molecule has 2 fully saturated rings. The zero-order valence-corrected chi connectivity index (χ0v) is 19.5. The van der Waals surface area contributed by atoms with E-state index in [9.17, 15) is 32.3 Å². The van der Waals surface area contributed by atoms with Gasteiger partial charge in [0.15, 0.2) is 0 Å². The molecule has 2 aromatic rings. The number of hydrogen-bond acceptors (Lipinski definition) is 5. The van der Waals surface area contributed by atoms with Gasteiger partial charge in [0.05, 0.1) is 28.8 Å². The van der Waals surface area contributed by atoms with Crippen molar-refractivity contribution in [3.63, 3.8) is 0 Å². The number of imide groups is 1. The molecule has 0 aromatic heterocycles. The Morgan fingerprint density at radius 2 is 1.89 bits per heavy atom. The van der Waals surface area contributed by atoms with Crippen LogP contribution >= 0.6 is 11.6 Å². The molecule has 1 spiro atoms. The van der Waals surface area contributed by atoms with Crippen LogP contribution in [0.25, 0.3) is 0 Å². The van der Waals surface area contributed by atoms with Crippen LogP contribution in [0.4, 0.5) is 24.5 Å². The summed E-state index contributed by atoms with van der Waals surface area (Å²) < 4.78 is 40.0. The van der Waals surface area contributed by atoms with E-state index < -0.39 is 58.8 Å². The van der Waals surface area contributed by atoms with Gasteiger partial charge in [-0.1, -0.05) is 23.7 Å². The van der Waals surface area contributed by atoms with Crippen LogP contribution in [0, 0.1) is 18.8 Å². The summed E-state index contributed by atoms with van der Waals surface area (Å²) >= 11 is 6.22. The number of primary amides is 1. The average Bonchev–Trinajstić information content (AvgIpc) is 3.39. The topological polar surface area (TPSA) is 122 Å². The molecular formula is C24H20ClF3N4O4. The quantitative estimate of drug-likeness (QED) is 0.535. The highest BCUT2D eigenvalue weighted by Crippen LogP contribution is 2.55. The molecule has 2 saturated heterocycles. The fraction of sp³-hybridized carbons (Fsp3) is 0.333. The van der Waals surface area contributed by atoms with Crippen LogP contribution in [-0.2, 0) is 30.9 Å². The van der Waals surface area contributed by atoms with Crippen molar-refractivity contribution >= 4 is 46.6 Å². The first kappa shape index (κ1) is 24.3. The lowest BCUT2D eigenvalue weighted by molar-refractivity contribution is -0.137. The summed E-state index contributed by atoms with van der Waals surface area (Å²) in [5.74, 6) is -5.17. The number of carbonyl (C=O) groups excluding carboxylic acids is 4. The lowest BCUT2D eigenvalue weighted by Crippen LogP contribution is -2.53. The van der Waals surface area contributed by atoms with E-state index in [2.05, 4.69) is 10.6 Å². The van der Waals surface area contributed by atoms with Crippen molar-refractivity contribution in [3.05, 3.63) is 58.1 Å². The molecule has 4 atom stereocenters. The third kappa shape index (κ3) is 3.33. The third-order valence-electron chi connectivity index (χ3n) is 7.22. The number of carbonyl (C=O) groups is 4. The molecule has 0 bridgehead atoms. The fourth-order valence-corrected chi connectivity index (χ4v) is 5.77. The van der Waals surface area contributed by atoms with Crippen LogP contribution < -0.4 is 21.3 Å². The van der Waals surface area contributed by atoms with Crippen molar-refractivity contribution in [1.82, 2.24) is 5.32 Å². The van der Waals surface area contributed by atoms with E-state index in [0.717, 1.165) is 18.2 Å². The number of fused-ring (bicyclic) bond motifs is 4. The number of halogens is 4. The Labute approximate surface area is 207 Å². The molecule has 4 amide bonds. The molecule has 4 N–H and O–H groups in total. The maximum atomic E-state index is 13.8. The van der Waals surface area contributed by atoms with Gasteiger partial charge in [0, 0.05) is 23.0 Å². The number of amides is 4. The molecule has 4 unspecified atom stereocenters. The van der Waals surface area contributed by atoms with E-state index in [1.54, 1.807) is 19.1 Å². The van der Waals surface area contributed by atoms with Crippen LogP contribution in [0.15, 0.2) is 36.4 Å². The van der Waals surface area contributed by atoms with Gasteiger partial charge in [0.2, 0.25) is 23.6 Å². The summed E-state index contributed by atoms with van der Waals surface area (Å²) in [6.45, 7) is 1.69. The third-order valence-corrected chi connectivity index (χ3v) is 7.63. The van der Waals surface area contributed by atoms with Crippen LogP contribution in [0.2, 0.25) is 5.02 Å². The van der Waals surface area contributed by atoms with Crippen LogP contribution in [-0.4, -0.2) is 29.7 Å². The molecule has 3 aliphatic heterocycles. The van der Waals surface area contributed by atoms with Gasteiger partial charge in [-0.25, -0.2) is 4.90 Å². The maximum absolute atomic E-state index is 13.8. The second-order valence-electron chi connectivity index (χ2n) is 9.18. The fourth-order valence-electron chi connectivity index (χ4n) is 5.61. The van der Waals surface area contributed by atoms with E-state index in [4.69, 9.17) is 17.3 Å². The molecular weight excluding hydrogens is 501 g/mol. The normalized spacial score (nSPS) is 27.0. The van der Waals surface area contributed by atoms with Gasteiger partial charge in [-0.2, -0.15) is 13.2 Å². The van der Waals surface area contributed by atoms with Gasteiger partial charge >= 0.3 is 6.18 Å². The first-order valence-electron chi connectivity index (χ1n) is 11.1. The van der Waals surface area contributed by atoms with Gasteiger partial charge in [-0.05, 0) is 43.2 Å². The minimum atomic E-state index is -4.69. The Hall–Kier alpha value is -3.44. The molecule has 12 heteroatoms. The largest absolute Gasteiger partial charge is 0.416 e. The second-order valence-corrected chi connectivity index (χ2v) is 9.58. The van der Waals surface area contributed by atoms with Crippen molar-refractivity contribution in [3.8, 4) is 0 Å². The average molecular weight is 521 g/mol. The number of rotatable bonds is 4. The molecule has 5 rings (SSSR count). The summed E-state index contributed by atoms with van der Waals surface area (Å²) in [5.41, 5.74) is 3.71. The monoisotopic (exact) mass is 520 g/mol. The van der Waals surface area contributed by atoms with Gasteiger partial charge in [0.1, 0.15) is 5.54 Å². The Balaban J connectivity index is 1.65.